The van der Waals surface area contributed by atoms with Gasteiger partial charge in [-0.05, 0) is 43.0 Å². The number of amides is 2. The van der Waals surface area contributed by atoms with Crippen molar-refractivity contribution in [1.82, 2.24) is 15.2 Å². The van der Waals surface area contributed by atoms with E-state index in [9.17, 15) is 27.6 Å². The molecule has 2 amide bonds. The molecular weight excluding hydrogens is 547 g/mol. The summed E-state index contributed by atoms with van der Waals surface area (Å²) in [4.78, 5) is 43.7. The van der Waals surface area contributed by atoms with Crippen LogP contribution in [0.2, 0.25) is 0 Å². The largest absolute Gasteiger partial charge is 0.464 e. The van der Waals surface area contributed by atoms with Crippen molar-refractivity contribution in [3.8, 4) is 0 Å². The molecule has 1 fully saturated rings. The molecule has 4 N–H and O–H groups in total. The number of aromatic nitrogens is 1. The first-order valence-electron chi connectivity index (χ1n) is 13.0. The summed E-state index contributed by atoms with van der Waals surface area (Å²) in [7, 11) is 0. The molecular formula is C27H34F3N5O4S. The van der Waals surface area contributed by atoms with Gasteiger partial charge in [0.05, 0.1) is 30.7 Å². The number of rotatable bonds is 12. The van der Waals surface area contributed by atoms with Crippen LogP contribution in [0.1, 0.15) is 38.4 Å². The molecule has 3 rings (SSSR count). The highest BCUT2D eigenvalue weighted by Crippen LogP contribution is 2.25. The Morgan fingerprint density at radius 2 is 1.90 bits per heavy atom. The van der Waals surface area contributed by atoms with E-state index in [1.807, 2.05) is 13.8 Å². The van der Waals surface area contributed by atoms with Crippen molar-refractivity contribution in [1.29, 1.82) is 0 Å². The number of carbonyl (C=O) groups is 3. The molecule has 0 saturated carbocycles. The molecule has 1 aliphatic rings. The summed E-state index contributed by atoms with van der Waals surface area (Å²) in [5, 5.41) is 5.13. The first-order chi connectivity index (χ1) is 19.0. The standard InChI is InChI=1S/C27H34F3N5O4S/c1-4-39-27(38)24(15(2)3)34-19-6-5-18(32-14-19)13-33-25(37)26-35(7-8-40-26)23(36)11-17(31)9-16-10-21(29)22(30)12-20(16)28/h5-6,10,12,14-15,17,24,26,34H,4,7-9,11,13,31H2,1-3H3,(H,33,37)/t17-,24+,26+/m1/s1. The van der Waals surface area contributed by atoms with Crippen LogP contribution >= 0.6 is 11.8 Å². The molecule has 2 aromatic rings. The number of benzene rings is 1. The van der Waals surface area contributed by atoms with E-state index in [0.29, 0.717) is 29.7 Å². The molecule has 1 aromatic heterocycles. The second kappa shape index (κ2) is 14.4. The molecule has 0 radical (unpaired) electrons. The maximum absolute atomic E-state index is 14.0. The third kappa shape index (κ3) is 8.34. The second-order valence-electron chi connectivity index (χ2n) is 9.71. The van der Waals surface area contributed by atoms with Gasteiger partial charge in [0.15, 0.2) is 17.0 Å². The third-order valence-corrected chi connectivity index (χ3v) is 7.44. The Kier molecular flexibility index (Phi) is 11.2. The molecule has 9 nitrogen and oxygen atoms in total. The van der Waals surface area contributed by atoms with Crippen LogP contribution in [-0.4, -0.2) is 64.0 Å². The zero-order chi connectivity index (χ0) is 29.4. The Bertz CT molecular complexity index is 1200. The molecule has 13 heteroatoms. The van der Waals surface area contributed by atoms with Gasteiger partial charge in [0.1, 0.15) is 11.9 Å². The van der Waals surface area contributed by atoms with E-state index < -0.39 is 40.8 Å². The quantitative estimate of drug-likeness (QED) is 0.258. The fourth-order valence-corrected chi connectivity index (χ4v) is 5.31. The summed E-state index contributed by atoms with van der Waals surface area (Å²) in [6, 6.07) is 3.26. The highest BCUT2D eigenvalue weighted by atomic mass is 32.2. The van der Waals surface area contributed by atoms with Crippen LogP contribution in [0.25, 0.3) is 0 Å². The number of hydrogen-bond donors (Lipinski definition) is 3. The van der Waals surface area contributed by atoms with Gasteiger partial charge >= 0.3 is 5.97 Å². The minimum absolute atomic E-state index is 0.00536. The maximum atomic E-state index is 14.0. The number of thioether (sulfide) groups is 1. The van der Waals surface area contributed by atoms with Gasteiger partial charge in [-0.25, -0.2) is 18.0 Å². The number of nitrogens with zero attached hydrogens (tertiary/aromatic N) is 2. The topological polar surface area (TPSA) is 127 Å². The highest BCUT2D eigenvalue weighted by Gasteiger charge is 2.35. The minimum atomic E-state index is -1.30. The summed E-state index contributed by atoms with van der Waals surface area (Å²) in [5.41, 5.74) is 7.08. The van der Waals surface area contributed by atoms with Gasteiger partial charge in [-0.1, -0.05) is 13.8 Å². The lowest BCUT2D eigenvalue weighted by molar-refractivity contribution is -0.145. The van der Waals surface area contributed by atoms with E-state index in [-0.39, 0.29) is 49.4 Å². The van der Waals surface area contributed by atoms with E-state index in [0.717, 1.165) is 6.07 Å². The fraction of sp³-hybridized carbons (Fsp3) is 0.481. The van der Waals surface area contributed by atoms with Crippen LogP contribution in [0.3, 0.4) is 0 Å². The van der Waals surface area contributed by atoms with Gasteiger partial charge in [0.2, 0.25) is 5.91 Å². The number of esters is 1. The van der Waals surface area contributed by atoms with E-state index in [1.54, 1.807) is 25.3 Å². The van der Waals surface area contributed by atoms with Gasteiger partial charge in [-0.2, -0.15) is 0 Å². The number of ether oxygens (including phenoxy) is 1. The second-order valence-corrected chi connectivity index (χ2v) is 10.9. The van der Waals surface area contributed by atoms with E-state index in [4.69, 9.17) is 10.5 Å². The molecule has 1 saturated heterocycles. The normalized spacial score (nSPS) is 16.5. The predicted octanol–water partition coefficient (Wildman–Crippen LogP) is 2.98. The van der Waals surface area contributed by atoms with Crippen molar-refractivity contribution in [3.05, 3.63) is 59.2 Å². The van der Waals surface area contributed by atoms with Crippen LogP contribution < -0.4 is 16.4 Å². The molecule has 0 bridgehead atoms. The zero-order valence-electron chi connectivity index (χ0n) is 22.6. The monoisotopic (exact) mass is 581 g/mol. The van der Waals surface area contributed by atoms with Crippen molar-refractivity contribution in [3.63, 3.8) is 0 Å². The van der Waals surface area contributed by atoms with Crippen molar-refractivity contribution in [2.24, 2.45) is 11.7 Å². The Labute approximate surface area is 235 Å². The lowest BCUT2D eigenvalue weighted by atomic mass is 10.0. The average Bonchev–Trinajstić information content (AvgIpc) is 3.40. The molecule has 0 unspecified atom stereocenters. The first kappa shape index (κ1) is 31.2. The summed E-state index contributed by atoms with van der Waals surface area (Å²) in [5.74, 6) is -4.00. The van der Waals surface area contributed by atoms with Crippen LogP contribution in [0.5, 0.6) is 0 Å². The molecule has 0 aliphatic carbocycles. The molecule has 3 atom stereocenters. The van der Waals surface area contributed by atoms with Gasteiger partial charge in [-0.3, -0.25) is 14.6 Å². The highest BCUT2D eigenvalue weighted by molar-refractivity contribution is 8.00. The lowest BCUT2D eigenvalue weighted by Crippen LogP contribution is -2.46. The maximum Gasteiger partial charge on any atom is 0.328 e. The number of nitrogens with one attached hydrogen (secondary N) is 2. The molecule has 2 heterocycles. The smallest absolute Gasteiger partial charge is 0.328 e. The van der Waals surface area contributed by atoms with Crippen LogP contribution in [0.15, 0.2) is 30.5 Å². The summed E-state index contributed by atoms with van der Waals surface area (Å²) in [6.45, 7) is 6.30. The van der Waals surface area contributed by atoms with Gasteiger partial charge in [0.25, 0.3) is 5.91 Å². The van der Waals surface area contributed by atoms with Crippen molar-refractivity contribution in [2.75, 3.05) is 24.2 Å². The van der Waals surface area contributed by atoms with Crippen molar-refractivity contribution >= 4 is 35.2 Å². The Morgan fingerprint density at radius 3 is 2.55 bits per heavy atom. The molecule has 40 heavy (non-hydrogen) atoms. The van der Waals surface area contributed by atoms with Gasteiger partial charge < -0.3 is 26.0 Å². The Morgan fingerprint density at radius 1 is 1.18 bits per heavy atom. The predicted molar refractivity (Wildman–Crippen MR) is 146 cm³/mol. The Balaban J connectivity index is 1.52. The summed E-state index contributed by atoms with van der Waals surface area (Å²) < 4.78 is 45.7. The SMILES string of the molecule is CCOC(=O)[C@@H](Nc1ccc(CNC(=O)[C@@H]2SCCN2C(=O)C[C@H](N)Cc2cc(F)c(F)cc2F)nc1)C(C)C. The first-order valence-corrected chi connectivity index (χ1v) is 14.0. The number of pyridine rings is 1. The lowest BCUT2D eigenvalue weighted by Gasteiger charge is -2.24. The molecule has 1 aliphatic heterocycles. The Hall–Kier alpha value is -3.32. The number of nitrogens with two attached hydrogens (primary N) is 1. The number of anilines is 1. The van der Waals surface area contributed by atoms with E-state index >= 15 is 0 Å². The summed E-state index contributed by atoms with van der Waals surface area (Å²) >= 11 is 1.30. The zero-order valence-corrected chi connectivity index (χ0v) is 23.4. The molecule has 0 spiro atoms. The van der Waals surface area contributed by atoms with E-state index in [1.165, 1.54) is 16.7 Å². The van der Waals surface area contributed by atoms with Crippen molar-refractivity contribution in [2.45, 2.75) is 57.6 Å². The van der Waals surface area contributed by atoms with Crippen LogP contribution in [0, 0.1) is 23.4 Å². The molecule has 218 valence electrons. The van der Waals surface area contributed by atoms with Gasteiger partial charge in [0, 0.05) is 30.8 Å². The van der Waals surface area contributed by atoms with E-state index in [2.05, 4.69) is 15.6 Å². The van der Waals surface area contributed by atoms with Crippen molar-refractivity contribution < 1.29 is 32.3 Å². The summed E-state index contributed by atoms with van der Waals surface area (Å²) in [6.07, 6.45) is 1.20. The number of halogens is 3. The van der Waals surface area contributed by atoms with Crippen LogP contribution in [-0.2, 0) is 32.1 Å². The number of hydrogen-bond acceptors (Lipinski definition) is 8. The third-order valence-electron chi connectivity index (χ3n) is 6.24. The number of carbonyl (C=O) groups excluding carboxylic acids is 3. The van der Waals surface area contributed by atoms with Gasteiger partial charge in [-0.15, -0.1) is 11.8 Å². The average molecular weight is 582 g/mol. The fourth-order valence-electron chi connectivity index (χ4n) is 4.15. The minimum Gasteiger partial charge on any atom is -0.464 e. The van der Waals surface area contributed by atoms with Crippen LogP contribution in [0.4, 0.5) is 18.9 Å². The molecule has 1 aromatic carbocycles.